The quantitative estimate of drug-likeness (QED) is 0.532. The van der Waals surface area contributed by atoms with Crippen molar-refractivity contribution in [3.63, 3.8) is 0 Å². The van der Waals surface area contributed by atoms with Gasteiger partial charge in [0, 0.05) is 5.75 Å². The summed E-state index contributed by atoms with van der Waals surface area (Å²) >= 11 is 1.62. The normalized spacial score (nSPS) is 11.1. The molecule has 3 rings (SSSR count). The first-order valence-corrected chi connectivity index (χ1v) is 7.97. The molecule has 0 bridgehead atoms. The minimum Gasteiger partial charge on any atom is -0.195 e. The minimum absolute atomic E-state index is 0.785. The SMILES string of the molecule is Cc1ccc(CSc2nncn2/N=C\c2ccccc2)cc1. The van der Waals surface area contributed by atoms with Gasteiger partial charge >= 0.3 is 0 Å². The smallest absolute Gasteiger partial charge is 0.195 e. The van der Waals surface area contributed by atoms with Gasteiger partial charge < -0.3 is 0 Å². The largest absolute Gasteiger partial charge is 0.212 e. The van der Waals surface area contributed by atoms with Crippen molar-refractivity contribution in [1.82, 2.24) is 14.9 Å². The second-order valence-corrected chi connectivity index (χ2v) is 5.83. The molecule has 0 saturated heterocycles. The number of nitrogens with zero attached hydrogens (tertiary/aromatic N) is 4. The molecule has 1 heterocycles. The van der Waals surface area contributed by atoms with Gasteiger partial charge in [-0.1, -0.05) is 71.9 Å². The Hall–Kier alpha value is -2.40. The van der Waals surface area contributed by atoms with Crippen molar-refractivity contribution in [3.05, 3.63) is 77.6 Å². The maximum absolute atomic E-state index is 4.41. The number of thioether (sulfide) groups is 1. The molecule has 0 amide bonds. The molecular weight excluding hydrogens is 292 g/mol. The summed E-state index contributed by atoms with van der Waals surface area (Å²) in [6, 6.07) is 18.5. The van der Waals surface area contributed by atoms with Crippen LogP contribution in [0.1, 0.15) is 16.7 Å². The van der Waals surface area contributed by atoms with E-state index in [0.29, 0.717) is 0 Å². The number of hydrogen-bond acceptors (Lipinski definition) is 4. The third-order valence-corrected chi connectivity index (χ3v) is 4.12. The Balaban J connectivity index is 1.67. The summed E-state index contributed by atoms with van der Waals surface area (Å²) in [5, 5.41) is 13.3. The molecule has 0 aliphatic heterocycles. The zero-order valence-electron chi connectivity index (χ0n) is 12.3. The first-order valence-electron chi connectivity index (χ1n) is 6.99. The summed E-state index contributed by atoms with van der Waals surface area (Å²) in [5.41, 5.74) is 3.58. The zero-order chi connectivity index (χ0) is 15.2. The molecule has 5 heteroatoms. The van der Waals surface area contributed by atoms with E-state index in [9.17, 15) is 0 Å². The molecule has 1 aromatic heterocycles. The Kier molecular flexibility index (Phi) is 4.65. The summed E-state index contributed by atoms with van der Waals surface area (Å²) < 4.78 is 1.70. The molecule has 2 aromatic carbocycles. The first-order chi connectivity index (χ1) is 10.8. The van der Waals surface area contributed by atoms with Crippen molar-refractivity contribution in [3.8, 4) is 0 Å². The van der Waals surface area contributed by atoms with Gasteiger partial charge in [-0.25, -0.2) is 0 Å². The maximum atomic E-state index is 4.41. The lowest BCUT2D eigenvalue weighted by atomic mass is 10.2. The van der Waals surface area contributed by atoms with E-state index in [-0.39, 0.29) is 0 Å². The van der Waals surface area contributed by atoms with Crippen LogP contribution in [0.2, 0.25) is 0 Å². The molecule has 0 aliphatic rings. The van der Waals surface area contributed by atoms with E-state index in [1.807, 2.05) is 30.3 Å². The van der Waals surface area contributed by atoms with Crippen LogP contribution < -0.4 is 0 Å². The van der Waals surface area contributed by atoms with Crippen molar-refractivity contribution in [2.45, 2.75) is 17.8 Å². The topological polar surface area (TPSA) is 43.1 Å². The molecule has 22 heavy (non-hydrogen) atoms. The molecule has 0 unspecified atom stereocenters. The van der Waals surface area contributed by atoms with E-state index in [4.69, 9.17) is 0 Å². The van der Waals surface area contributed by atoms with Gasteiger partial charge in [-0.2, -0.15) is 9.78 Å². The van der Waals surface area contributed by atoms with E-state index >= 15 is 0 Å². The summed E-state index contributed by atoms with van der Waals surface area (Å²) in [7, 11) is 0. The van der Waals surface area contributed by atoms with Gasteiger partial charge in [0.1, 0.15) is 6.33 Å². The van der Waals surface area contributed by atoms with Gasteiger partial charge in [0.15, 0.2) is 0 Å². The Bertz CT molecular complexity index is 748. The number of aryl methyl sites for hydroxylation is 1. The lowest BCUT2D eigenvalue weighted by Crippen LogP contribution is -1.92. The zero-order valence-corrected chi connectivity index (χ0v) is 13.1. The molecule has 0 aliphatic carbocycles. The highest BCUT2D eigenvalue weighted by Crippen LogP contribution is 2.20. The van der Waals surface area contributed by atoms with Gasteiger partial charge in [0.2, 0.25) is 5.16 Å². The molecular formula is C17H16N4S. The highest BCUT2D eigenvalue weighted by molar-refractivity contribution is 7.98. The summed E-state index contributed by atoms with van der Waals surface area (Å²) in [6.45, 7) is 2.09. The van der Waals surface area contributed by atoms with E-state index in [1.54, 1.807) is 29.0 Å². The number of hydrogen-bond donors (Lipinski definition) is 0. The molecule has 4 nitrogen and oxygen atoms in total. The first kappa shape index (κ1) is 14.5. The Morgan fingerprint density at radius 1 is 1.09 bits per heavy atom. The van der Waals surface area contributed by atoms with E-state index in [0.717, 1.165) is 16.5 Å². The summed E-state index contributed by atoms with van der Waals surface area (Å²) in [4.78, 5) is 0. The highest BCUT2D eigenvalue weighted by Gasteiger charge is 2.04. The molecule has 0 atom stereocenters. The van der Waals surface area contributed by atoms with Crippen LogP contribution in [0.3, 0.4) is 0 Å². The van der Waals surface area contributed by atoms with Crippen molar-refractivity contribution >= 4 is 18.0 Å². The molecule has 0 fully saturated rings. The average molecular weight is 308 g/mol. The standard InChI is InChI=1S/C17H16N4S/c1-14-7-9-16(10-8-14)12-22-17-20-18-13-21(17)19-11-15-5-3-2-4-6-15/h2-11,13H,12H2,1H3/b19-11-. The molecule has 3 aromatic rings. The monoisotopic (exact) mass is 308 g/mol. The van der Waals surface area contributed by atoms with Crippen molar-refractivity contribution in [2.75, 3.05) is 0 Å². The predicted octanol–water partition coefficient (Wildman–Crippen LogP) is 3.76. The highest BCUT2D eigenvalue weighted by atomic mass is 32.2. The number of aromatic nitrogens is 3. The van der Waals surface area contributed by atoms with E-state index < -0.39 is 0 Å². The van der Waals surface area contributed by atoms with Crippen LogP contribution in [0.4, 0.5) is 0 Å². The average Bonchev–Trinajstić information content (AvgIpc) is 3.01. The van der Waals surface area contributed by atoms with Crippen LogP contribution in [0.5, 0.6) is 0 Å². The maximum Gasteiger partial charge on any atom is 0.212 e. The molecule has 0 N–H and O–H groups in total. The summed E-state index contributed by atoms with van der Waals surface area (Å²) in [6.07, 6.45) is 3.43. The fourth-order valence-corrected chi connectivity index (χ4v) is 2.71. The van der Waals surface area contributed by atoms with Crippen molar-refractivity contribution in [2.24, 2.45) is 5.10 Å². The molecule has 110 valence electrons. The second kappa shape index (κ2) is 7.04. The number of benzene rings is 2. The molecule has 0 radical (unpaired) electrons. The number of rotatable bonds is 5. The van der Waals surface area contributed by atoms with Crippen LogP contribution >= 0.6 is 11.8 Å². The molecule has 0 spiro atoms. The van der Waals surface area contributed by atoms with E-state index in [1.165, 1.54) is 11.1 Å². The van der Waals surface area contributed by atoms with Crippen molar-refractivity contribution in [1.29, 1.82) is 0 Å². The Morgan fingerprint density at radius 2 is 1.86 bits per heavy atom. The predicted molar refractivity (Wildman–Crippen MR) is 90.2 cm³/mol. The van der Waals surface area contributed by atoms with Crippen LogP contribution in [0, 0.1) is 6.92 Å². The summed E-state index contributed by atoms with van der Waals surface area (Å²) in [5.74, 6) is 0.847. The third-order valence-electron chi connectivity index (χ3n) is 3.12. The van der Waals surface area contributed by atoms with Crippen LogP contribution in [-0.4, -0.2) is 21.1 Å². The van der Waals surface area contributed by atoms with Crippen LogP contribution in [0.15, 0.2) is 71.2 Å². The van der Waals surface area contributed by atoms with E-state index in [2.05, 4.69) is 46.5 Å². The van der Waals surface area contributed by atoms with Gasteiger partial charge in [-0.3, -0.25) is 0 Å². The fourth-order valence-electron chi connectivity index (χ4n) is 1.89. The second-order valence-electron chi connectivity index (χ2n) is 4.89. The molecule has 0 saturated carbocycles. The fraction of sp³-hybridized carbons (Fsp3) is 0.118. The van der Waals surface area contributed by atoms with Gasteiger partial charge in [0.05, 0.1) is 6.21 Å². The lowest BCUT2D eigenvalue weighted by Gasteiger charge is -2.02. The van der Waals surface area contributed by atoms with Crippen LogP contribution in [0.25, 0.3) is 0 Å². The van der Waals surface area contributed by atoms with Gasteiger partial charge in [-0.05, 0) is 18.1 Å². The third kappa shape index (κ3) is 3.83. The van der Waals surface area contributed by atoms with Crippen molar-refractivity contribution < 1.29 is 0 Å². The van der Waals surface area contributed by atoms with Gasteiger partial charge in [0.25, 0.3) is 0 Å². The lowest BCUT2D eigenvalue weighted by molar-refractivity contribution is 0.767. The van der Waals surface area contributed by atoms with Crippen LogP contribution in [-0.2, 0) is 5.75 Å². The Morgan fingerprint density at radius 3 is 2.64 bits per heavy atom. The minimum atomic E-state index is 0.785. The van der Waals surface area contributed by atoms with Gasteiger partial charge in [-0.15, -0.1) is 10.2 Å². The Labute approximate surface area is 133 Å².